The molecule has 1 N–H and O–H groups in total. The van der Waals surface area contributed by atoms with E-state index in [4.69, 9.17) is 21.4 Å². The fourth-order valence-corrected chi connectivity index (χ4v) is 5.42. The van der Waals surface area contributed by atoms with Crippen LogP contribution in [0.4, 0.5) is 23.7 Å². The highest BCUT2D eigenvalue weighted by atomic mass is 35.5. The lowest BCUT2D eigenvalue weighted by atomic mass is 9.76. The Morgan fingerprint density at radius 3 is 2.45 bits per heavy atom. The number of hydrogen-bond acceptors (Lipinski definition) is 5. The van der Waals surface area contributed by atoms with E-state index in [-0.39, 0.29) is 22.7 Å². The van der Waals surface area contributed by atoms with Gasteiger partial charge in [0.15, 0.2) is 0 Å². The number of likely N-dealkylation sites (tertiary alicyclic amines) is 1. The third-order valence-electron chi connectivity index (χ3n) is 7.36. The Morgan fingerprint density at radius 2 is 1.89 bits per heavy atom. The van der Waals surface area contributed by atoms with Crippen molar-refractivity contribution in [1.29, 1.82) is 0 Å². The molecule has 1 aliphatic carbocycles. The molecular formula is C26H31ClF3N5O3. The first kappa shape index (κ1) is 26.8. The highest BCUT2D eigenvalue weighted by Crippen LogP contribution is 2.42. The molecule has 5 rings (SSSR count). The number of ether oxygens (including phenoxy) is 1. The normalized spacial score (nSPS) is 19.5. The van der Waals surface area contributed by atoms with Crippen LogP contribution in [-0.4, -0.2) is 56.8 Å². The Hall–Kier alpha value is -2.79. The van der Waals surface area contributed by atoms with Gasteiger partial charge in [0.1, 0.15) is 11.1 Å². The predicted molar refractivity (Wildman–Crippen MR) is 135 cm³/mol. The summed E-state index contributed by atoms with van der Waals surface area (Å²) in [5, 5.41) is 7.31. The van der Waals surface area contributed by atoms with E-state index in [1.807, 2.05) is 27.0 Å². The molecule has 0 bridgehead atoms. The number of hydrogen-bond donors (Lipinski definition) is 1. The van der Waals surface area contributed by atoms with Crippen molar-refractivity contribution in [2.45, 2.75) is 70.4 Å². The summed E-state index contributed by atoms with van der Waals surface area (Å²) < 4.78 is 46.0. The SMILES string of the molecule is CC(C)(C)OC(=O)N1CC(CN2Cc3cn(C4(C(=O)Nc5ccc(C(F)(F)F)cc5Cl)CCC4)nc3C2)C1. The molecule has 1 saturated heterocycles. The lowest BCUT2D eigenvalue weighted by Gasteiger charge is -2.41. The molecule has 8 nitrogen and oxygen atoms in total. The van der Waals surface area contributed by atoms with Gasteiger partial charge >= 0.3 is 12.3 Å². The minimum absolute atomic E-state index is 0.141. The molecule has 12 heteroatoms. The summed E-state index contributed by atoms with van der Waals surface area (Å²) in [5.41, 5.74) is -0.152. The molecule has 3 aliphatic rings. The van der Waals surface area contributed by atoms with Crippen LogP contribution in [0.15, 0.2) is 24.4 Å². The highest BCUT2D eigenvalue weighted by molar-refractivity contribution is 6.33. The summed E-state index contributed by atoms with van der Waals surface area (Å²) in [5.74, 6) is 0.0380. The van der Waals surface area contributed by atoms with Crippen LogP contribution in [0.3, 0.4) is 0 Å². The van der Waals surface area contributed by atoms with Crippen LogP contribution in [0.5, 0.6) is 0 Å². The van der Waals surface area contributed by atoms with Crippen molar-refractivity contribution in [3.63, 3.8) is 0 Å². The number of fused-ring (bicyclic) bond motifs is 1. The van der Waals surface area contributed by atoms with Crippen molar-refractivity contribution >= 4 is 29.3 Å². The third-order valence-corrected chi connectivity index (χ3v) is 7.67. The average Bonchev–Trinajstić information content (AvgIpc) is 3.27. The number of aromatic nitrogens is 2. The topological polar surface area (TPSA) is 79.7 Å². The first-order chi connectivity index (χ1) is 17.7. The Labute approximate surface area is 224 Å². The monoisotopic (exact) mass is 553 g/mol. The van der Waals surface area contributed by atoms with Crippen LogP contribution >= 0.6 is 11.6 Å². The van der Waals surface area contributed by atoms with Gasteiger partial charge in [0.25, 0.3) is 5.91 Å². The number of alkyl halides is 3. The molecule has 3 heterocycles. The molecule has 0 atom stereocenters. The molecule has 2 aromatic rings. The van der Waals surface area contributed by atoms with Crippen LogP contribution in [0, 0.1) is 5.92 Å². The van der Waals surface area contributed by atoms with Gasteiger partial charge in [-0.05, 0) is 58.2 Å². The van der Waals surface area contributed by atoms with Crippen LogP contribution in [-0.2, 0) is 34.3 Å². The maximum absolute atomic E-state index is 13.3. The van der Waals surface area contributed by atoms with Crippen LogP contribution in [0.2, 0.25) is 5.02 Å². The standard InChI is InChI=1S/C26H31ClF3N5O3/c1-24(2,3)38-23(37)34-11-16(12-34)10-33-13-17-14-35(32-21(17)15-33)25(7-4-8-25)22(36)31-20-6-5-18(9-19(20)27)26(28,29)30/h5-6,9,14,16H,4,7-8,10-13,15H2,1-3H3,(H,31,36). The van der Waals surface area contributed by atoms with Gasteiger partial charge in [-0.25, -0.2) is 4.79 Å². The van der Waals surface area contributed by atoms with Crippen molar-refractivity contribution in [3.8, 4) is 0 Å². The fraction of sp³-hybridized carbons (Fsp3) is 0.577. The minimum atomic E-state index is -4.51. The van der Waals surface area contributed by atoms with E-state index in [1.165, 1.54) is 6.07 Å². The lowest BCUT2D eigenvalue weighted by Crippen LogP contribution is -2.54. The van der Waals surface area contributed by atoms with Gasteiger partial charge in [-0.2, -0.15) is 18.3 Å². The van der Waals surface area contributed by atoms with Crippen molar-refractivity contribution in [2.75, 3.05) is 25.0 Å². The molecule has 0 radical (unpaired) electrons. The van der Waals surface area contributed by atoms with Crippen molar-refractivity contribution in [3.05, 3.63) is 46.2 Å². The summed E-state index contributed by atoms with van der Waals surface area (Å²) in [6, 6.07) is 2.90. The van der Waals surface area contributed by atoms with Crippen molar-refractivity contribution < 1.29 is 27.5 Å². The molecule has 2 amide bonds. The molecule has 0 unspecified atom stereocenters. The second kappa shape index (κ2) is 9.44. The van der Waals surface area contributed by atoms with E-state index >= 15 is 0 Å². The van der Waals surface area contributed by atoms with E-state index in [9.17, 15) is 22.8 Å². The van der Waals surface area contributed by atoms with Crippen molar-refractivity contribution in [2.24, 2.45) is 5.92 Å². The zero-order chi connectivity index (χ0) is 27.5. The number of nitrogens with one attached hydrogen (secondary N) is 1. The zero-order valence-electron chi connectivity index (χ0n) is 21.6. The van der Waals surface area contributed by atoms with Gasteiger partial charge in [-0.15, -0.1) is 0 Å². The van der Waals surface area contributed by atoms with Crippen LogP contribution in [0.25, 0.3) is 0 Å². The largest absolute Gasteiger partial charge is 0.444 e. The number of halogens is 4. The summed E-state index contributed by atoms with van der Waals surface area (Å²) in [6.45, 7) is 9.10. The Balaban J connectivity index is 1.18. The van der Waals surface area contributed by atoms with Crippen LogP contribution < -0.4 is 5.32 Å². The van der Waals surface area contributed by atoms with E-state index in [0.717, 1.165) is 36.4 Å². The summed E-state index contributed by atoms with van der Waals surface area (Å²) >= 11 is 6.06. The number of benzene rings is 1. The predicted octanol–water partition coefficient (Wildman–Crippen LogP) is 5.26. The molecule has 2 fully saturated rings. The van der Waals surface area contributed by atoms with Gasteiger partial charge in [0.2, 0.25) is 0 Å². The van der Waals surface area contributed by atoms with E-state index < -0.39 is 22.9 Å². The Kier molecular flexibility index (Phi) is 6.66. The fourth-order valence-electron chi connectivity index (χ4n) is 5.20. The smallest absolute Gasteiger partial charge is 0.416 e. The minimum Gasteiger partial charge on any atom is -0.444 e. The Bertz CT molecular complexity index is 1220. The highest BCUT2D eigenvalue weighted by Gasteiger charge is 2.48. The van der Waals surface area contributed by atoms with E-state index in [1.54, 1.807) is 9.58 Å². The number of amides is 2. The van der Waals surface area contributed by atoms with Gasteiger partial charge in [0, 0.05) is 50.4 Å². The number of nitrogens with zero attached hydrogens (tertiary/aromatic N) is 4. The quantitative estimate of drug-likeness (QED) is 0.547. The molecule has 1 aromatic heterocycles. The molecule has 206 valence electrons. The number of carbonyl (C=O) groups excluding carboxylic acids is 2. The third kappa shape index (κ3) is 5.22. The summed E-state index contributed by atoms with van der Waals surface area (Å²) in [6.07, 6.45) is -0.859. The van der Waals surface area contributed by atoms with Gasteiger partial charge < -0.3 is 15.0 Å². The average molecular weight is 554 g/mol. The maximum atomic E-state index is 13.3. The zero-order valence-corrected chi connectivity index (χ0v) is 22.3. The number of anilines is 1. The molecule has 2 aliphatic heterocycles. The van der Waals surface area contributed by atoms with E-state index in [0.29, 0.717) is 44.9 Å². The summed E-state index contributed by atoms with van der Waals surface area (Å²) in [7, 11) is 0. The van der Waals surface area contributed by atoms with Crippen LogP contribution in [0.1, 0.15) is 56.9 Å². The molecule has 1 saturated carbocycles. The van der Waals surface area contributed by atoms with Gasteiger partial charge in [-0.1, -0.05) is 11.6 Å². The first-order valence-corrected chi connectivity index (χ1v) is 13.1. The number of rotatable bonds is 5. The lowest BCUT2D eigenvalue weighted by molar-refractivity contribution is -0.137. The second-order valence-electron chi connectivity index (χ2n) is 11.5. The van der Waals surface area contributed by atoms with Gasteiger partial charge in [-0.3, -0.25) is 14.4 Å². The second-order valence-corrected chi connectivity index (χ2v) is 11.9. The van der Waals surface area contributed by atoms with Gasteiger partial charge in [0.05, 0.1) is 22.0 Å². The summed E-state index contributed by atoms with van der Waals surface area (Å²) in [4.78, 5) is 29.5. The Morgan fingerprint density at radius 1 is 1.18 bits per heavy atom. The maximum Gasteiger partial charge on any atom is 0.416 e. The molecular weight excluding hydrogens is 523 g/mol. The molecule has 0 spiro atoms. The first-order valence-electron chi connectivity index (χ1n) is 12.7. The molecule has 38 heavy (non-hydrogen) atoms. The van der Waals surface area contributed by atoms with Crippen molar-refractivity contribution in [1.82, 2.24) is 19.6 Å². The van der Waals surface area contributed by atoms with E-state index in [2.05, 4.69) is 10.2 Å². The molecule has 1 aromatic carbocycles. The number of carbonyl (C=O) groups is 2.